The van der Waals surface area contributed by atoms with Crippen molar-refractivity contribution in [1.29, 1.82) is 0 Å². The Morgan fingerprint density at radius 3 is 2.57 bits per heavy atom. The summed E-state index contributed by atoms with van der Waals surface area (Å²) < 4.78 is 51.6. The van der Waals surface area contributed by atoms with Gasteiger partial charge in [0.1, 0.15) is 6.17 Å². The van der Waals surface area contributed by atoms with Crippen LogP contribution in [0.2, 0.25) is 0 Å². The van der Waals surface area contributed by atoms with Crippen molar-refractivity contribution in [3.8, 4) is 11.1 Å². The Morgan fingerprint density at radius 2 is 1.91 bits per heavy atom. The Kier molecular flexibility index (Phi) is 8.52. The van der Waals surface area contributed by atoms with E-state index in [-0.39, 0.29) is 36.6 Å². The zero-order valence-corrected chi connectivity index (χ0v) is 25.2. The Bertz CT molecular complexity index is 1640. The van der Waals surface area contributed by atoms with Gasteiger partial charge in [-0.25, -0.2) is 22.9 Å². The van der Waals surface area contributed by atoms with Crippen LogP contribution in [-0.2, 0) is 29.0 Å². The first-order chi connectivity index (χ1) is 21.1. The molecular formula is C33H38F3N5O3. The van der Waals surface area contributed by atoms with Crippen LogP contribution in [-0.4, -0.2) is 67.3 Å². The van der Waals surface area contributed by atoms with Gasteiger partial charge in [-0.05, 0) is 80.9 Å². The number of imidazole rings is 1. The van der Waals surface area contributed by atoms with E-state index in [2.05, 4.69) is 15.0 Å². The molecule has 2 aliphatic heterocycles. The third-order valence-electron chi connectivity index (χ3n) is 9.14. The van der Waals surface area contributed by atoms with Gasteiger partial charge in [0.25, 0.3) is 6.43 Å². The minimum absolute atomic E-state index is 0.105. The van der Waals surface area contributed by atoms with Crippen molar-refractivity contribution >= 4 is 16.9 Å². The monoisotopic (exact) mass is 609 g/mol. The molecule has 6 rings (SSSR count). The predicted molar refractivity (Wildman–Crippen MR) is 160 cm³/mol. The van der Waals surface area contributed by atoms with Crippen LogP contribution in [0.1, 0.15) is 67.2 Å². The average Bonchev–Trinajstić information content (AvgIpc) is 3.70. The number of aromatic nitrogens is 4. The fraction of sp³-hybridized carbons (Fsp3) is 0.485. The number of hydrogen-bond donors (Lipinski definition) is 1. The van der Waals surface area contributed by atoms with Crippen molar-refractivity contribution in [2.24, 2.45) is 5.92 Å². The lowest BCUT2D eigenvalue weighted by Gasteiger charge is -2.33. The van der Waals surface area contributed by atoms with E-state index in [1.165, 1.54) is 23.3 Å². The highest BCUT2D eigenvalue weighted by Crippen LogP contribution is 2.38. The molecule has 1 fully saturated rings. The van der Waals surface area contributed by atoms with E-state index in [0.717, 1.165) is 43.6 Å². The number of nitrogens with zero attached hydrogens (tertiary/aromatic N) is 5. The van der Waals surface area contributed by atoms with Crippen LogP contribution in [0.15, 0.2) is 42.9 Å². The Labute approximate surface area is 254 Å². The summed E-state index contributed by atoms with van der Waals surface area (Å²) in [6.07, 6.45) is 0.838. The molecule has 8 nitrogen and oxygen atoms in total. The molecule has 1 N–H and O–H groups in total. The summed E-state index contributed by atoms with van der Waals surface area (Å²) >= 11 is 0. The average molecular weight is 610 g/mol. The maximum atomic E-state index is 14.5. The van der Waals surface area contributed by atoms with Gasteiger partial charge in [0.15, 0.2) is 6.04 Å². The fourth-order valence-electron chi connectivity index (χ4n) is 6.69. The molecule has 0 aliphatic carbocycles. The molecule has 2 aromatic heterocycles. The number of aliphatic hydroxyl groups excluding tert-OH is 1. The first-order valence-electron chi connectivity index (χ1n) is 15.3. The maximum absolute atomic E-state index is 14.5. The van der Waals surface area contributed by atoms with Crippen molar-refractivity contribution < 1.29 is 27.8 Å². The molecule has 0 bridgehead atoms. The van der Waals surface area contributed by atoms with Gasteiger partial charge < -0.3 is 14.4 Å². The van der Waals surface area contributed by atoms with Gasteiger partial charge >= 0.3 is 5.97 Å². The number of likely N-dealkylation sites (tertiary alicyclic amines) is 1. The largest absolute Gasteiger partial charge is 0.464 e. The standard InChI is InChI=1S/C33H38F3N5O3/c1-4-44-33(43)31(30-28-13-24(34)16-40(28)18-37-30)41-17-27-26(32(35)36)14-25(19(2)29(27)38-41)23-7-5-21(6-8-23)15-39-11-9-22(10-12-39)20(3)42/h5-8,14,17-18,20,22,24,31-32,42H,4,9-13,15-16H2,1-3H3/t20?,24-,31?/m1/s1. The van der Waals surface area contributed by atoms with Crippen molar-refractivity contribution in [2.45, 2.75) is 77.9 Å². The number of halogens is 3. The summed E-state index contributed by atoms with van der Waals surface area (Å²) in [5, 5.41) is 14.8. The highest BCUT2D eigenvalue weighted by atomic mass is 19.3. The maximum Gasteiger partial charge on any atom is 0.337 e. The molecular weight excluding hydrogens is 571 g/mol. The number of fused-ring (bicyclic) bond motifs is 2. The molecule has 44 heavy (non-hydrogen) atoms. The number of alkyl halides is 3. The second-order valence-corrected chi connectivity index (χ2v) is 12.0. The van der Waals surface area contributed by atoms with Crippen LogP contribution < -0.4 is 0 Å². The first-order valence-corrected chi connectivity index (χ1v) is 15.3. The van der Waals surface area contributed by atoms with Gasteiger partial charge in [0.05, 0.1) is 36.8 Å². The molecule has 0 radical (unpaired) electrons. The fourth-order valence-corrected chi connectivity index (χ4v) is 6.69. The third-order valence-corrected chi connectivity index (χ3v) is 9.14. The van der Waals surface area contributed by atoms with Gasteiger partial charge in [-0.1, -0.05) is 24.3 Å². The molecule has 0 saturated carbocycles. The zero-order valence-electron chi connectivity index (χ0n) is 25.2. The smallest absolute Gasteiger partial charge is 0.337 e. The number of hydrogen-bond acceptors (Lipinski definition) is 6. The number of piperidine rings is 1. The number of carbonyl (C=O) groups excluding carboxylic acids is 1. The summed E-state index contributed by atoms with van der Waals surface area (Å²) in [7, 11) is 0. The summed E-state index contributed by atoms with van der Waals surface area (Å²) in [6, 6.07) is 8.31. The van der Waals surface area contributed by atoms with Crippen LogP contribution in [0.3, 0.4) is 0 Å². The Hall–Kier alpha value is -3.70. The van der Waals surface area contributed by atoms with Crippen LogP contribution in [0, 0.1) is 12.8 Å². The summed E-state index contributed by atoms with van der Waals surface area (Å²) in [5.41, 5.74) is 4.33. The molecule has 2 aliphatic rings. The van der Waals surface area contributed by atoms with Crippen molar-refractivity contribution in [3.63, 3.8) is 0 Å². The van der Waals surface area contributed by atoms with Gasteiger partial charge in [0.2, 0.25) is 0 Å². The molecule has 234 valence electrons. The van der Waals surface area contributed by atoms with E-state index in [1.807, 2.05) is 38.1 Å². The number of carbonyl (C=O) groups is 1. The topological polar surface area (TPSA) is 85.4 Å². The Balaban J connectivity index is 1.33. The highest BCUT2D eigenvalue weighted by molar-refractivity contribution is 5.92. The molecule has 1 saturated heterocycles. The van der Waals surface area contributed by atoms with Crippen molar-refractivity contribution in [2.75, 3.05) is 19.7 Å². The van der Waals surface area contributed by atoms with Crippen molar-refractivity contribution in [3.05, 3.63) is 70.9 Å². The quantitative estimate of drug-likeness (QED) is 0.242. The number of benzene rings is 2. The summed E-state index contributed by atoms with van der Waals surface area (Å²) in [5.74, 6) is -0.291. The van der Waals surface area contributed by atoms with Crippen molar-refractivity contribution in [1.82, 2.24) is 24.2 Å². The molecule has 3 atom stereocenters. The second-order valence-electron chi connectivity index (χ2n) is 12.0. The molecule has 0 spiro atoms. The summed E-state index contributed by atoms with van der Waals surface area (Å²) in [4.78, 5) is 20.0. The lowest BCUT2D eigenvalue weighted by Crippen LogP contribution is -2.36. The van der Waals surface area contributed by atoms with Crippen LogP contribution in [0.4, 0.5) is 13.2 Å². The van der Waals surface area contributed by atoms with E-state index < -0.39 is 24.6 Å². The van der Waals surface area contributed by atoms with Crippen LogP contribution in [0.25, 0.3) is 22.0 Å². The van der Waals surface area contributed by atoms with Gasteiger partial charge in [-0.3, -0.25) is 9.58 Å². The molecule has 11 heteroatoms. The Morgan fingerprint density at radius 1 is 1.18 bits per heavy atom. The lowest BCUT2D eigenvalue weighted by atomic mass is 9.92. The van der Waals surface area contributed by atoms with Gasteiger partial charge in [0, 0.05) is 35.8 Å². The number of aliphatic hydroxyl groups is 1. The predicted octanol–water partition coefficient (Wildman–Crippen LogP) is 5.79. The van der Waals surface area contributed by atoms with Crippen LogP contribution in [0.5, 0.6) is 0 Å². The number of esters is 1. The van der Waals surface area contributed by atoms with E-state index in [9.17, 15) is 23.1 Å². The van der Waals surface area contributed by atoms with E-state index >= 15 is 0 Å². The minimum Gasteiger partial charge on any atom is -0.464 e. The second kappa shape index (κ2) is 12.4. The summed E-state index contributed by atoms with van der Waals surface area (Å²) in [6.45, 7) is 8.27. The molecule has 2 unspecified atom stereocenters. The zero-order chi connectivity index (χ0) is 31.1. The van der Waals surface area contributed by atoms with E-state index in [1.54, 1.807) is 11.5 Å². The molecule has 0 amide bonds. The highest BCUT2D eigenvalue weighted by Gasteiger charge is 2.35. The van der Waals surface area contributed by atoms with Crippen LogP contribution >= 0.6 is 0 Å². The van der Waals surface area contributed by atoms with E-state index in [4.69, 9.17) is 4.74 Å². The lowest BCUT2D eigenvalue weighted by molar-refractivity contribution is -0.146. The molecule has 4 aromatic rings. The number of aryl methyl sites for hydroxylation is 1. The normalized spacial score (nSPS) is 19.0. The molecule has 2 aromatic carbocycles. The number of rotatable bonds is 9. The minimum atomic E-state index is -2.77. The van der Waals surface area contributed by atoms with Gasteiger partial charge in [-0.2, -0.15) is 5.10 Å². The van der Waals surface area contributed by atoms with Gasteiger partial charge in [-0.15, -0.1) is 0 Å². The van der Waals surface area contributed by atoms with E-state index in [0.29, 0.717) is 33.9 Å². The SMILES string of the molecule is CCOC(=O)C(c1ncn2c1C[C@@H](F)C2)n1cc2c(C(F)F)cc(-c3ccc(CN4CCC(C(C)O)CC4)cc3)c(C)c2n1. The third kappa shape index (κ3) is 5.75. The number of ether oxygens (including phenoxy) is 1. The first kappa shape index (κ1) is 30.3. The molecule has 4 heterocycles.